The van der Waals surface area contributed by atoms with Crippen LogP contribution < -0.4 is 5.32 Å². The summed E-state index contributed by atoms with van der Waals surface area (Å²) >= 11 is 0. The van der Waals surface area contributed by atoms with E-state index in [1.54, 1.807) is 0 Å². The van der Waals surface area contributed by atoms with Crippen molar-refractivity contribution in [3.8, 4) is 0 Å². The molecule has 4 heteroatoms. The molecule has 1 aromatic rings. The molecular formula is C15H28N4. The van der Waals surface area contributed by atoms with E-state index >= 15 is 0 Å². The molecule has 1 fully saturated rings. The minimum Gasteiger partial charge on any atom is -0.310 e. The van der Waals surface area contributed by atoms with Crippen LogP contribution in [0.4, 0.5) is 0 Å². The maximum absolute atomic E-state index is 4.67. The molecule has 1 atom stereocenters. The van der Waals surface area contributed by atoms with Crippen molar-refractivity contribution in [2.24, 2.45) is 0 Å². The lowest BCUT2D eigenvalue weighted by Gasteiger charge is -2.32. The van der Waals surface area contributed by atoms with Crippen LogP contribution in [0.15, 0.2) is 12.3 Å². The molecule has 0 radical (unpaired) electrons. The Morgan fingerprint density at radius 1 is 1.47 bits per heavy atom. The van der Waals surface area contributed by atoms with Crippen molar-refractivity contribution >= 4 is 0 Å². The molecule has 4 nitrogen and oxygen atoms in total. The summed E-state index contributed by atoms with van der Waals surface area (Å²) in [7, 11) is 0. The molecule has 0 aromatic carbocycles. The molecule has 1 unspecified atom stereocenters. The number of rotatable bonds is 3. The highest BCUT2D eigenvalue weighted by Crippen LogP contribution is 2.18. The average molecular weight is 264 g/mol. The van der Waals surface area contributed by atoms with Crippen LogP contribution in [-0.4, -0.2) is 39.4 Å². The lowest BCUT2D eigenvalue weighted by Crippen LogP contribution is -2.47. The minimum absolute atomic E-state index is 0.186. The van der Waals surface area contributed by atoms with E-state index < -0.39 is 0 Å². The van der Waals surface area contributed by atoms with Gasteiger partial charge in [0.05, 0.1) is 5.69 Å². The topological polar surface area (TPSA) is 33.1 Å². The van der Waals surface area contributed by atoms with Gasteiger partial charge in [-0.2, -0.15) is 5.10 Å². The Kier molecular flexibility index (Phi) is 4.31. The summed E-state index contributed by atoms with van der Waals surface area (Å²) in [5.41, 5.74) is 1.36. The lowest BCUT2D eigenvalue weighted by molar-refractivity contribution is 0.170. The maximum Gasteiger partial charge on any atom is 0.0765 e. The van der Waals surface area contributed by atoms with Crippen LogP contribution in [0.1, 0.15) is 52.8 Å². The van der Waals surface area contributed by atoms with E-state index in [0.717, 1.165) is 19.6 Å². The Bertz CT molecular complexity index is 408. The summed E-state index contributed by atoms with van der Waals surface area (Å²) in [5, 5.41) is 8.29. The molecule has 0 spiro atoms. The van der Waals surface area contributed by atoms with Crippen molar-refractivity contribution in [3.63, 3.8) is 0 Å². The molecule has 1 aliphatic heterocycles. The van der Waals surface area contributed by atoms with Crippen molar-refractivity contribution in [1.82, 2.24) is 20.0 Å². The summed E-state index contributed by atoms with van der Waals surface area (Å²) in [5.74, 6) is 0. The highest BCUT2D eigenvalue weighted by molar-refractivity contribution is 5.01. The van der Waals surface area contributed by atoms with Crippen LogP contribution in [0, 0.1) is 0 Å². The zero-order chi connectivity index (χ0) is 14.0. The van der Waals surface area contributed by atoms with Crippen molar-refractivity contribution in [1.29, 1.82) is 0 Å². The van der Waals surface area contributed by atoms with Gasteiger partial charge in [-0.05, 0) is 53.7 Å². The molecule has 1 aliphatic rings. The molecule has 1 N–H and O–H groups in total. The fourth-order valence-electron chi connectivity index (χ4n) is 2.69. The Hall–Kier alpha value is -0.870. The summed E-state index contributed by atoms with van der Waals surface area (Å²) in [4.78, 5) is 2.55. The Labute approximate surface area is 117 Å². The molecule has 0 bridgehead atoms. The third-order valence-corrected chi connectivity index (χ3v) is 3.95. The first-order valence-electron chi connectivity index (χ1n) is 7.40. The Balaban J connectivity index is 2.06. The molecule has 0 aliphatic carbocycles. The molecule has 2 heterocycles. The highest BCUT2D eigenvalue weighted by atomic mass is 15.3. The monoisotopic (exact) mass is 264 g/mol. The molecule has 2 rings (SSSR count). The standard InChI is InChI=1S/C15H28N4/c1-12(2)19-9-7-14(17-19)10-18-11-15(4,5)16-8-6-13(18)3/h7,9,12-13,16H,6,8,10-11H2,1-5H3. The normalized spacial score (nSPS) is 24.6. The van der Waals surface area contributed by atoms with E-state index in [9.17, 15) is 0 Å². The van der Waals surface area contributed by atoms with Crippen LogP contribution in [-0.2, 0) is 6.54 Å². The van der Waals surface area contributed by atoms with E-state index in [-0.39, 0.29) is 5.54 Å². The van der Waals surface area contributed by atoms with Gasteiger partial charge in [0.2, 0.25) is 0 Å². The van der Waals surface area contributed by atoms with Crippen LogP contribution in [0.5, 0.6) is 0 Å². The van der Waals surface area contributed by atoms with Gasteiger partial charge in [-0.3, -0.25) is 9.58 Å². The second-order valence-electron chi connectivity index (χ2n) is 6.73. The second kappa shape index (κ2) is 5.63. The summed E-state index contributed by atoms with van der Waals surface area (Å²) < 4.78 is 2.04. The van der Waals surface area contributed by atoms with Gasteiger partial charge in [-0.25, -0.2) is 0 Å². The van der Waals surface area contributed by atoms with Crippen molar-refractivity contribution in [3.05, 3.63) is 18.0 Å². The maximum atomic E-state index is 4.67. The Morgan fingerprint density at radius 2 is 2.21 bits per heavy atom. The van der Waals surface area contributed by atoms with E-state index in [1.165, 1.54) is 12.1 Å². The first kappa shape index (κ1) is 14.5. The predicted octanol–water partition coefficient (Wildman–Crippen LogP) is 2.43. The van der Waals surface area contributed by atoms with Crippen molar-refractivity contribution in [2.45, 2.75) is 65.2 Å². The first-order chi connectivity index (χ1) is 8.87. The molecule has 108 valence electrons. The van der Waals surface area contributed by atoms with E-state index in [1.807, 2.05) is 4.68 Å². The van der Waals surface area contributed by atoms with Gasteiger partial charge in [-0.1, -0.05) is 0 Å². The molecule has 0 saturated carbocycles. The highest BCUT2D eigenvalue weighted by Gasteiger charge is 2.28. The molecular weight excluding hydrogens is 236 g/mol. The van der Waals surface area contributed by atoms with Crippen molar-refractivity contribution in [2.75, 3.05) is 13.1 Å². The van der Waals surface area contributed by atoms with E-state index in [2.05, 4.69) is 62.2 Å². The van der Waals surface area contributed by atoms with Crippen LogP contribution in [0.25, 0.3) is 0 Å². The van der Waals surface area contributed by atoms with Gasteiger partial charge in [-0.15, -0.1) is 0 Å². The molecule has 1 saturated heterocycles. The largest absolute Gasteiger partial charge is 0.310 e. The van der Waals surface area contributed by atoms with Gasteiger partial charge in [0.25, 0.3) is 0 Å². The predicted molar refractivity (Wildman–Crippen MR) is 79.2 cm³/mol. The Morgan fingerprint density at radius 3 is 2.84 bits per heavy atom. The second-order valence-corrected chi connectivity index (χ2v) is 6.73. The smallest absolute Gasteiger partial charge is 0.0765 e. The number of aromatic nitrogens is 2. The van der Waals surface area contributed by atoms with E-state index in [0.29, 0.717) is 12.1 Å². The lowest BCUT2D eigenvalue weighted by atomic mass is 10.1. The van der Waals surface area contributed by atoms with Gasteiger partial charge in [0, 0.05) is 36.9 Å². The number of nitrogens with one attached hydrogen (secondary N) is 1. The summed E-state index contributed by atoms with van der Waals surface area (Å²) in [6.07, 6.45) is 3.29. The minimum atomic E-state index is 0.186. The zero-order valence-corrected chi connectivity index (χ0v) is 13.0. The van der Waals surface area contributed by atoms with Gasteiger partial charge >= 0.3 is 0 Å². The number of hydrogen-bond donors (Lipinski definition) is 1. The SMILES string of the molecule is CC1CCNC(C)(C)CN1Cc1ccn(C(C)C)n1. The van der Waals surface area contributed by atoms with Crippen molar-refractivity contribution < 1.29 is 0 Å². The molecule has 1 aromatic heterocycles. The van der Waals surface area contributed by atoms with Crippen LogP contribution >= 0.6 is 0 Å². The zero-order valence-electron chi connectivity index (χ0n) is 13.0. The molecule has 0 amide bonds. The van der Waals surface area contributed by atoms with Crippen LogP contribution in [0.2, 0.25) is 0 Å². The van der Waals surface area contributed by atoms with Crippen LogP contribution in [0.3, 0.4) is 0 Å². The summed E-state index contributed by atoms with van der Waals surface area (Å²) in [6.45, 7) is 14.3. The quantitative estimate of drug-likeness (QED) is 0.910. The average Bonchev–Trinajstić information content (AvgIpc) is 2.71. The first-order valence-corrected chi connectivity index (χ1v) is 7.40. The van der Waals surface area contributed by atoms with Gasteiger partial charge in [0.15, 0.2) is 0 Å². The third-order valence-electron chi connectivity index (χ3n) is 3.95. The van der Waals surface area contributed by atoms with Gasteiger partial charge < -0.3 is 5.32 Å². The number of hydrogen-bond acceptors (Lipinski definition) is 3. The van der Waals surface area contributed by atoms with E-state index in [4.69, 9.17) is 0 Å². The number of nitrogens with zero attached hydrogens (tertiary/aromatic N) is 3. The third kappa shape index (κ3) is 3.80. The summed E-state index contributed by atoms with van der Waals surface area (Å²) in [6, 6.07) is 3.20. The van der Waals surface area contributed by atoms with Gasteiger partial charge in [0.1, 0.15) is 0 Å². The fraction of sp³-hybridized carbons (Fsp3) is 0.800. The fourth-order valence-corrected chi connectivity index (χ4v) is 2.69. The molecule has 19 heavy (non-hydrogen) atoms.